The van der Waals surface area contributed by atoms with Crippen molar-refractivity contribution in [2.75, 3.05) is 0 Å². The highest BCUT2D eigenvalue weighted by Gasteiger charge is 2.40. The number of halogens is 1. The van der Waals surface area contributed by atoms with Gasteiger partial charge >= 0.3 is 0 Å². The quantitative estimate of drug-likeness (QED) is 0.283. The SMILES string of the molecule is CC1=NP(c2ccccc2)(c2ccccc2)=C(Br)P(c2ccccc2)(c2ccccc2)=N1. The minimum atomic E-state index is -2.32. The summed E-state index contributed by atoms with van der Waals surface area (Å²) in [6, 6.07) is 42.9. The zero-order valence-electron chi connectivity index (χ0n) is 17.7. The fourth-order valence-corrected chi connectivity index (χ4v) is 16.1. The molecule has 4 aromatic rings. The van der Waals surface area contributed by atoms with E-state index in [2.05, 4.69) is 144 Å². The summed E-state index contributed by atoms with van der Waals surface area (Å²) in [7, 11) is -4.64. The van der Waals surface area contributed by atoms with Gasteiger partial charge in [0.15, 0.2) is 0 Å². The number of hydrogen-bond donors (Lipinski definition) is 0. The Morgan fingerprint density at radius 2 is 0.875 bits per heavy atom. The highest BCUT2D eigenvalue weighted by Crippen LogP contribution is 2.66. The Morgan fingerprint density at radius 1 is 0.531 bits per heavy atom. The predicted molar refractivity (Wildman–Crippen MR) is 148 cm³/mol. The Balaban J connectivity index is 2.02. The minimum Gasteiger partial charge on any atom is -0.238 e. The molecule has 158 valence electrons. The molecule has 2 nitrogen and oxygen atoms in total. The number of benzene rings is 4. The first-order chi connectivity index (χ1) is 15.7. The van der Waals surface area contributed by atoms with Crippen LogP contribution in [0.1, 0.15) is 6.92 Å². The molecule has 0 aliphatic carbocycles. The van der Waals surface area contributed by atoms with E-state index in [0.717, 1.165) is 5.84 Å². The molecular formula is C27H23BrN2P2. The third-order valence-electron chi connectivity index (χ3n) is 5.64. The van der Waals surface area contributed by atoms with Gasteiger partial charge in [-0.15, -0.1) is 0 Å². The van der Waals surface area contributed by atoms with Crippen LogP contribution in [0.15, 0.2) is 131 Å². The number of amidine groups is 1. The largest absolute Gasteiger partial charge is 0.238 e. The van der Waals surface area contributed by atoms with Gasteiger partial charge in [-0.3, -0.25) is 0 Å². The average Bonchev–Trinajstić information content (AvgIpc) is 2.87. The standard InChI is InChI=1S/C27H23BrN2P2/c1-22-29-31(23-14-6-2-7-15-23,24-16-8-3-9-17-24)27(28)32(30-22,25-18-10-4-11-19-25)26-20-12-5-13-21-26/h2-21H,1H3. The van der Waals surface area contributed by atoms with E-state index in [0.29, 0.717) is 0 Å². The normalized spacial score (nSPS) is 16.7. The minimum absolute atomic E-state index is 0.857. The summed E-state index contributed by atoms with van der Waals surface area (Å²) in [6.07, 6.45) is 0. The Bertz CT molecular complexity index is 1290. The van der Waals surface area contributed by atoms with Crippen molar-refractivity contribution in [2.45, 2.75) is 6.92 Å². The lowest BCUT2D eigenvalue weighted by atomic mass is 10.4. The van der Waals surface area contributed by atoms with Crippen LogP contribution in [-0.4, -0.2) is 9.78 Å². The molecular weight excluding hydrogens is 494 g/mol. The van der Waals surface area contributed by atoms with Gasteiger partial charge in [0.2, 0.25) is 0 Å². The average molecular weight is 517 g/mol. The first-order valence-electron chi connectivity index (χ1n) is 10.5. The molecule has 1 aliphatic heterocycles. The maximum absolute atomic E-state index is 5.39. The maximum Gasteiger partial charge on any atom is 0.124 e. The molecule has 0 N–H and O–H groups in total. The molecule has 0 aromatic heterocycles. The number of hydrogen-bond acceptors (Lipinski definition) is 2. The molecule has 1 aliphatic rings. The molecule has 0 fully saturated rings. The predicted octanol–water partition coefficient (Wildman–Crippen LogP) is 6.34. The first kappa shape index (κ1) is 21.4. The van der Waals surface area contributed by atoms with Crippen LogP contribution in [0.25, 0.3) is 0 Å². The second kappa shape index (κ2) is 8.83. The van der Waals surface area contributed by atoms with Crippen molar-refractivity contribution in [1.82, 2.24) is 0 Å². The Labute approximate surface area is 198 Å². The smallest absolute Gasteiger partial charge is 0.124 e. The molecule has 5 rings (SSSR count). The van der Waals surface area contributed by atoms with E-state index in [4.69, 9.17) is 9.51 Å². The van der Waals surface area contributed by atoms with E-state index >= 15 is 0 Å². The van der Waals surface area contributed by atoms with Gasteiger partial charge in [-0.25, -0.2) is 9.51 Å². The van der Waals surface area contributed by atoms with Crippen LogP contribution in [0.4, 0.5) is 0 Å². The Hall–Kier alpha value is -2.44. The lowest BCUT2D eigenvalue weighted by Crippen LogP contribution is -2.28. The van der Waals surface area contributed by atoms with Gasteiger partial charge < -0.3 is 0 Å². The fourth-order valence-electron chi connectivity index (χ4n) is 4.28. The second-order valence-electron chi connectivity index (χ2n) is 7.63. The molecule has 0 saturated heterocycles. The van der Waals surface area contributed by atoms with Gasteiger partial charge in [-0.1, -0.05) is 121 Å². The van der Waals surface area contributed by atoms with Gasteiger partial charge in [-0.2, -0.15) is 0 Å². The highest BCUT2D eigenvalue weighted by atomic mass is 79.9. The van der Waals surface area contributed by atoms with Crippen molar-refractivity contribution in [3.63, 3.8) is 0 Å². The molecule has 0 bridgehead atoms. The maximum atomic E-state index is 5.39. The zero-order valence-corrected chi connectivity index (χ0v) is 21.1. The van der Waals surface area contributed by atoms with Crippen LogP contribution in [0.5, 0.6) is 0 Å². The van der Waals surface area contributed by atoms with Gasteiger partial charge in [0, 0.05) is 21.2 Å². The van der Waals surface area contributed by atoms with Crippen molar-refractivity contribution >= 4 is 61.0 Å². The summed E-state index contributed by atoms with van der Waals surface area (Å²) in [5.41, 5.74) is 0. The summed E-state index contributed by atoms with van der Waals surface area (Å²) >= 11 is 4.22. The molecule has 4 aromatic carbocycles. The topological polar surface area (TPSA) is 24.7 Å². The second-order valence-corrected chi connectivity index (χ2v) is 15.9. The van der Waals surface area contributed by atoms with E-state index < -0.39 is 14.1 Å². The molecule has 1 heterocycles. The number of rotatable bonds is 4. The van der Waals surface area contributed by atoms with Crippen molar-refractivity contribution in [3.05, 3.63) is 121 Å². The van der Waals surface area contributed by atoms with Crippen LogP contribution in [0.2, 0.25) is 0 Å². The lowest BCUT2D eigenvalue weighted by molar-refractivity contribution is 1.58. The van der Waals surface area contributed by atoms with E-state index in [-0.39, 0.29) is 0 Å². The monoisotopic (exact) mass is 516 g/mol. The molecule has 32 heavy (non-hydrogen) atoms. The van der Waals surface area contributed by atoms with Crippen molar-refractivity contribution in [1.29, 1.82) is 0 Å². The van der Waals surface area contributed by atoms with E-state index in [9.17, 15) is 0 Å². The first-order valence-corrected chi connectivity index (χ1v) is 14.8. The van der Waals surface area contributed by atoms with Crippen LogP contribution in [0, 0.1) is 0 Å². The third-order valence-corrected chi connectivity index (χ3v) is 16.9. The van der Waals surface area contributed by atoms with Crippen molar-refractivity contribution in [2.24, 2.45) is 9.51 Å². The zero-order chi connectivity index (χ0) is 22.0. The van der Waals surface area contributed by atoms with Crippen LogP contribution < -0.4 is 21.2 Å². The summed E-state index contributed by atoms with van der Waals surface area (Å²) < 4.78 is 12.0. The fraction of sp³-hybridized carbons (Fsp3) is 0.0370. The summed E-state index contributed by atoms with van der Waals surface area (Å²) in [5, 5.41) is 4.96. The van der Waals surface area contributed by atoms with Gasteiger partial charge in [-0.05, 0) is 22.9 Å². The molecule has 0 radical (unpaired) electrons. The molecule has 5 heteroatoms. The van der Waals surface area contributed by atoms with E-state index in [1.54, 1.807) is 0 Å². The van der Waals surface area contributed by atoms with E-state index in [1.807, 2.05) is 0 Å². The van der Waals surface area contributed by atoms with Gasteiger partial charge in [0.25, 0.3) is 0 Å². The molecule has 0 saturated carbocycles. The van der Waals surface area contributed by atoms with Crippen LogP contribution in [-0.2, 0) is 0 Å². The summed E-state index contributed by atoms with van der Waals surface area (Å²) in [4.78, 5) is 0. The summed E-state index contributed by atoms with van der Waals surface area (Å²) in [6.45, 7) is 2.06. The van der Waals surface area contributed by atoms with Crippen LogP contribution in [0.3, 0.4) is 0 Å². The molecule has 0 spiro atoms. The number of nitrogens with zero attached hydrogens (tertiary/aromatic N) is 2. The van der Waals surface area contributed by atoms with Crippen LogP contribution >= 0.6 is 30.0 Å². The Morgan fingerprint density at radius 3 is 1.25 bits per heavy atom. The van der Waals surface area contributed by atoms with E-state index in [1.165, 1.54) is 25.2 Å². The van der Waals surface area contributed by atoms with Crippen molar-refractivity contribution in [3.8, 4) is 0 Å². The lowest BCUT2D eigenvalue weighted by Gasteiger charge is -2.36. The van der Waals surface area contributed by atoms with Crippen molar-refractivity contribution < 1.29 is 0 Å². The molecule has 0 atom stereocenters. The highest BCUT2D eigenvalue weighted by molar-refractivity contribution is 9.22. The molecule has 0 unspecified atom stereocenters. The molecule has 0 amide bonds. The summed E-state index contributed by atoms with van der Waals surface area (Å²) in [5.74, 6) is 0.857. The van der Waals surface area contributed by atoms with Gasteiger partial charge in [0.1, 0.15) is 5.84 Å². The van der Waals surface area contributed by atoms with Gasteiger partial charge in [0.05, 0.1) is 18.0 Å². The Kier molecular flexibility index (Phi) is 5.91. The third kappa shape index (κ3) is 3.41.